The van der Waals surface area contributed by atoms with Gasteiger partial charge in [0, 0.05) is 12.5 Å². The van der Waals surface area contributed by atoms with Crippen molar-refractivity contribution in [2.24, 2.45) is 28.6 Å². The first kappa shape index (κ1) is 29.2. The Morgan fingerprint density at radius 2 is 1.54 bits per heavy atom. The Bertz CT molecular complexity index is 897. The van der Waals surface area contributed by atoms with Crippen LogP contribution in [-0.2, 0) is 23.9 Å². The summed E-state index contributed by atoms with van der Waals surface area (Å²) in [6, 6.07) is -2.34. The molecule has 2 aliphatic carbocycles. The number of piperidine rings is 1. The summed E-state index contributed by atoms with van der Waals surface area (Å²) in [6.45, 7) is 15.7. The largest absolute Gasteiger partial charge is 0.467 e. The fourth-order valence-corrected chi connectivity index (χ4v) is 6.25. The number of alkyl carbamates (subject to hydrolysis) is 1. The van der Waals surface area contributed by atoms with Gasteiger partial charge in [0.25, 0.3) is 0 Å². The van der Waals surface area contributed by atoms with E-state index in [4.69, 9.17) is 9.47 Å². The Hall–Kier alpha value is -2.32. The van der Waals surface area contributed by atoms with Crippen LogP contribution in [0, 0.1) is 28.6 Å². The van der Waals surface area contributed by atoms with E-state index in [-0.39, 0.29) is 29.1 Å². The van der Waals surface area contributed by atoms with E-state index in [9.17, 15) is 19.2 Å². The fourth-order valence-electron chi connectivity index (χ4n) is 6.25. The number of methoxy groups -OCH3 is 1. The molecule has 9 heteroatoms. The summed E-state index contributed by atoms with van der Waals surface area (Å²) < 4.78 is 10.5. The van der Waals surface area contributed by atoms with E-state index in [0.717, 1.165) is 32.1 Å². The molecule has 3 fully saturated rings. The van der Waals surface area contributed by atoms with Crippen molar-refractivity contribution in [3.63, 3.8) is 0 Å². The molecule has 1 heterocycles. The van der Waals surface area contributed by atoms with Gasteiger partial charge in [-0.25, -0.2) is 9.59 Å². The molecular weight excluding hydrogens is 474 g/mol. The monoisotopic (exact) mass is 521 g/mol. The van der Waals surface area contributed by atoms with Gasteiger partial charge in [0.05, 0.1) is 7.11 Å². The molecular formula is C28H47N3O6. The summed E-state index contributed by atoms with van der Waals surface area (Å²) in [7, 11) is 1.34. The number of amides is 3. The summed E-state index contributed by atoms with van der Waals surface area (Å²) in [5, 5.41) is 5.77. The number of esters is 1. The van der Waals surface area contributed by atoms with Gasteiger partial charge in [-0.15, -0.1) is 0 Å². The second kappa shape index (κ2) is 10.4. The van der Waals surface area contributed by atoms with Crippen LogP contribution in [0.3, 0.4) is 0 Å². The minimum atomic E-state index is -0.876. The Balaban J connectivity index is 1.82. The molecule has 1 aliphatic heterocycles. The molecule has 0 spiro atoms. The topological polar surface area (TPSA) is 114 Å². The first-order chi connectivity index (χ1) is 17.0. The highest BCUT2D eigenvalue weighted by molar-refractivity contribution is 5.94. The lowest BCUT2D eigenvalue weighted by atomic mass is 9.82. The molecule has 9 nitrogen and oxygen atoms in total. The van der Waals surface area contributed by atoms with E-state index < -0.39 is 47.1 Å². The molecule has 1 saturated heterocycles. The molecule has 0 unspecified atom stereocenters. The van der Waals surface area contributed by atoms with Crippen molar-refractivity contribution in [1.82, 2.24) is 15.5 Å². The van der Waals surface area contributed by atoms with Gasteiger partial charge in [-0.3, -0.25) is 9.59 Å². The lowest BCUT2D eigenvalue weighted by Gasteiger charge is -2.38. The second-order valence-electron chi connectivity index (χ2n) is 13.7. The van der Waals surface area contributed by atoms with Crippen LogP contribution in [0.2, 0.25) is 0 Å². The van der Waals surface area contributed by atoms with E-state index in [0.29, 0.717) is 6.54 Å². The molecule has 5 atom stereocenters. The van der Waals surface area contributed by atoms with E-state index in [1.54, 1.807) is 25.7 Å². The van der Waals surface area contributed by atoms with Crippen molar-refractivity contribution < 1.29 is 28.7 Å². The highest BCUT2D eigenvalue weighted by atomic mass is 16.6. The van der Waals surface area contributed by atoms with Crippen LogP contribution >= 0.6 is 0 Å². The first-order valence-corrected chi connectivity index (χ1v) is 13.7. The molecule has 0 aromatic heterocycles. The number of hydrogen-bond acceptors (Lipinski definition) is 6. The maximum absolute atomic E-state index is 13.9. The standard InChI is InChI=1S/C28H47N3O6/c1-26(2,3)21(23(33)31-15-17-18(28(17,7)8)20(31)24(34)36-9)30-22(32)19(16-13-11-10-12-14-16)29-25(35)37-27(4,5)6/h16-21H,10-15H2,1-9H3,(H,29,35)(H,30,32)/t17-,18-,19-,20-,21+/m0/s1. The predicted molar refractivity (Wildman–Crippen MR) is 139 cm³/mol. The minimum Gasteiger partial charge on any atom is -0.467 e. The molecule has 2 N–H and O–H groups in total. The average Bonchev–Trinajstić information content (AvgIpc) is 3.12. The van der Waals surface area contributed by atoms with E-state index >= 15 is 0 Å². The molecule has 2 saturated carbocycles. The van der Waals surface area contributed by atoms with E-state index in [2.05, 4.69) is 24.5 Å². The zero-order valence-corrected chi connectivity index (χ0v) is 24.1. The number of carbonyl (C=O) groups excluding carboxylic acids is 4. The number of carbonyl (C=O) groups is 4. The Morgan fingerprint density at radius 1 is 0.946 bits per heavy atom. The zero-order valence-electron chi connectivity index (χ0n) is 24.1. The summed E-state index contributed by atoms with van der Waals surface area (Å²) in [5.41, 5.74) is -1.35. The van der Waals surface area contributed by atoms with Crippen molar-refractivity contribution in [1.29, 1.82) is 0 Å². The molecule has 3 amide bonds. The van der Waals surface area contributed by atoms with Crippen molar-refractivity contribution in [2.45, 2.75) is 111 Å². The van der Waals surface area contributed by atoms with Gasteiger partial charge in [0.1, 0.15) is 23.7 Å². The van der Waals surface area contributed by atoms with Gasteiger partial charge in [-0.2, -0.15) is 0 Å². The smallest absolute Gasteiger partial charge is 0.408 e. The summed E-state index contributed by atoms with van der Waals surface area (Å²) in [5.74, 6) is -0.883. The van der Waals surface area contributed by atoms with Crippen LogP contribution in [0.15, 0.2) is 0 Å². The highest BCUT2D eigenvalue weighted by Crippen LogP contribution is 2.65. The summed E-state index contributed by atoms with van der Waals surface area (Å²) in [6.07, 6.45) is 4.06. The van der Waals surface area contributed by atoms with Crippen LogP contribution in [-0.4, -0.2) is 66.2 Å². The third kappa shape index (κ3) is 6.40. The van der Waals surface area contributed by atoms with Crippen LogP contribution in [0.5, 0.6) is 0 Å². The molecule has 0 aromatic rings. The normalized spacial score (nSPS) is 26.9. The van der Waals surface area contributed by atoms with Gasteiger partial charge in [-0.1, -0.05) is 53.9 Å². The number of rotatable bonds is 6. The maximum atomic E-state index is 13.9. The van der Waals surface area contributed by atoms with Gasteiger partial charge in [0.15, 0.2) is 0 Å². The lowest BCUT2D eigenvalue weighted by molar-refractivity contribution is -0.155. The number of fused-ring (bicyclic) bond motifs is 1. The Kier molecular flexibility index (Phi) is 8.26. The van der Waals surface area contributed by atoms with Gasteiger partial charge in [0.2, 0.25) is 11.8 Å². The molecule has 37 heavy (non-hydrogen) atoms. The van der Waals surface area contributed by atoms with Gasteiger partial charge < -0.3 is 25.0 Å². The number of nitrogens with one attached hydrogen (secondary N) is 2. The molecule has 0 radical (unpaired) electrons. The molecule has 3 aliphatic rings. The van der Waals surface area contributed by atoms with Crippen LogP contribution in [0.4, 0.5) is 4.79 Å². The zero-order chi connectivity index (χ0) is 27.9. The number of nitrogens with zero attached hydrogens (tertiary/aromatic N) is 1. The lowest BCUT2D eigenvalue weighted by Crippen LogP contribution is -2.61. The molecule has 210 valence electrons. The molecule has 0 aromatic carbocycles. The summed E-state index contributed by atoms with van der Waals surface area (Å²) in [4.78, 5) is 54.6. The van der Waals surface area contributed by atoms with E-state index in [1.165, 1.54) is 7.11 Å². The van der Waals surface area contributed by atoms with Crippen molar-refractivity contribution in [3.05, 3.63) is 0 Å². The van der Waals surface area contributed by atoms with Gasteiger partial charge in [-0.05, 0) is 56.3 Å². The Morgan fingerprint density at radius 3 is 2.05 bits per heavy atom. The SMILES string of the molecule is COC(=O)[C@@H]1[C@@H]2[C@H](CN1C(=O)[C@@H](NC(=O)[C@@H](NC(=O)OC(C)(C)C)C1CCCCC1)C(C)(C)C)C2(C)C. The fraction of sp³-hybridized carbons (Fsp3) is 0.857. The van der Waals surface area contributed by atoms with Crippen molar-refractivity contribution in [2.75, 3.05) is 13.7 Å². The minimum absolute atomic E-state index is 0.0282. The third-order valence-electron chi connectivity index (χ3n) is 8.41. The molecule has 3 rings (SSSR count). The van der Waals surface area contributed by atoms with Crippen LogP contribution in [0.25, 0.3) is 0 Å². The number of ether oxygens (including phenoxy) is 2. The third-order valence-corrected chi connectivity index (χ3v) is 8.41. The first-order valence-electron chi connectivity index (χ1n) is 13.7. The van der Waals surface area contributed by atoms with Crippen LogP contribution < -0.4 is 10.6 Å². The molecule has 0 bridgehead atoms. The van der Waals surface area contributed by atoms with Crippen LogP contribution in [0.1, 0.15) is 87.5 Å². The van der Waals surface area contributed by atoms with Gasteiger partial charge >= 0.3 is 12.1 Å². The maximum Gasteiger partial charge on any atom is 0.408 e. The van der Waals surface area contributed by atoms with E-state index in [1.807, 2.05) is 20.8 Å². The average molecular weight is 522 g/mol. The number of likely N-dealkylation sites (tertiary alicyclic amines) is 1. The van der Waals surface area contributed by atoms with Crippen molar-refractivity contribution in [3.8, 4) is 0 Å². The summed E-state index contributed by atoms with van der Waals surface area (Å²) >= 11 is 0. The second-order valence-corrected chi connectivity index (χ2v) is 13.7. The highest BCUT2D eigenvalue weighted by Gasteiger charge is 2.70. The quantitative estimate of drug-likeness (QED) is 0.516. The van der Waals surface area contributed by atoms with Crippen molar-refractivity contribution >= 4 is 23.9 Å². The number of hydrogen-bond donors (Lipinski definition) is 2. The Labute approximate surface area is 221 Å². The predicted octanol–water partition coefficient (Wildman–Crippen LogP) is 3.65.